The quantitative estimate of drug-likeness (QED) is 0.599. The van der Waals surface area contributed by atoms with Crippen LogP contribution >= 0.6 is 0 Å². The topological polar surface area (TPSA) is 108 Å². The van der Waals surface area contributed by atoms with Gasteiger partial charge < -0.3 is 10.6 Å². The molecule has 3 heterocycles. The summed E-state index contributed by atoms with van der Waals surface area (Å²) in [5, 5.41) is 9.29. The second kappa shape index (κ2) is 8.41. The van der Waals surface area contributed by atoms with Crippen molar-refractivity contribution in [1.29, 1.82) is 0 Å². The molecule has 0 radical (unpaired) electrons. The molecule has 4 amide bonds. The van der Waals surface area contributed by atoms with Gasteiger partial charge in [0.25, 0.3) is 11.8 Å². The summed E-state index contributed by atoms with van der Waals surface area (Å²) < 4.78 is 0. The molecule has 2 unspecified atom stereocenters. The first-order valence-electron chi connectivity index (χ1n) is 11.7. The Morgan fingerprint density at radius 1 is 1.00 bits per heavy atom. The number of amides is 4. The fraction of sp³-hybridized carbons (Fsp3) is 0.583. The van der Waals surface area contributed by atoms with Crippen molar-refractivity contribution >= 4 is 23.6 Å². The Balaban J connectivity index is 1.24. The maximum absolute atomic E-state index is 13.0. The highest BCUT2D eigenvalue weighted by Crippen LogP contribution is 2.49. The zero-order valence-electron chi connectivity index (χ0n) is 18.2. The van der Waals surface area contributed by atoms with Crippen LogP contribution in [-0.2, 0) is 16.1 Å². The molecule has 0 aromatic heterocycles. The number of imide groups is 2. The van der Waals surface area contributed by atoms with Gasteiger partial charge >= 0.3 is 0 Å². The van der Waals surface area contributed by atoms with E-state index in [4.69, 9.17) is 0 Å². The number of hydrogen-bond acceptors (Lipinski definition) is 6. The second-order valence-electron chi connectivity index (χ2n) is 9.66. The molecule has 170 valence electrons. The molecule has 8 nitrogen and oxygen atoms in total. The summed E-state index contributed by atoms with van der Waals surface area (Å²) in [5.74, 6) is -1.18. The van der Waals surface area contributed by atoms with Crippen molar-refractivity contribution in [3.8, 4) is 0 Å². The maximum Gasteiger partial charge on any atom is 0.262 e. The van der Waals surface area contributed by atoms with Crippen LogP contribution in [0.25, 0.3) is 0 Å². The summed E-state index contributed by atoms with van der Waals surface area (Å²) >= 11 is 0. The van der Waals surface area contributed by atoms with Crippen LogP contribution in [0.1, 0.15) is 71.2 Å². The third kappa shape index (κ3) is 3.65. The first kappa shape index (κ1) is 21.3. The van der Waals surface area contributed by atoms with E-state index in [1.165, 1.54) is 32.1 Å². The van der Waals surface area contributed by atoms with Gasteiger partial charge in [-0.1, -0.05) is 12.5 Å². The molecule has 8 heteroatoms. The van der Waals surface area contributed by atoms with Gasteiger partial charge in [-0.15, -0.1) is 0 Å². The van der Waals surface area contributed by atoms with Crippen LogP contribution in [0, 0.1) is 11.3 Å². The summed E-state index contributed by atoms with van der Waals surface area (Å²) in [6, 6.07) is 4.40. The molecule has 3 fully saturated rings. The number of benzene rings is 1. The third-order valence-electron chi connectivity index (χ3n) is 7.92. The minimum atomic E-state index is -0.926. The Kier molecular flexibility index (Phi) is 5.59. The Labute approximate surface area is 187 Å². The smallest absolute Gasteiger partial charge is 0.262 e. The summed E-state index contributed by atoms with van der Waals surface area (Å²) in [6.07, 6.45) is 6.70. The number of hydrogen-bond donors (Lipinski definition) is 3. The summed E-state index contributed by atoms with van der Waals surface area (Å²) in [7, 11) is 0. The van der Waals surface area contributed by atoms with E-state index >= 15 is 0 Å². The van der Waals surface area contributed by atoms with E-state index in [2.05, 4.69) is 16.0 Å². The molecule has 32 heavy (non-hydrogen) atoms. The molecule has 2 saturated heterocycles. The van der Waals surface area contributed by atoms with Crippen molar-refractivity contribution in [1.82, 2.24) is 20.9 Å². The average Bonchev–Trinajstić information content (AvgIpc) is 3.27. The number of carbonyl (C=O) groups excluding carboxylic acids is 4. The molecule has 4 aliphatic rings. The van der Waals surface area contributed by atoms with Crippen LogP contribution in [0.5, 0.6) is 0 Å². The molecule has 3 N–H and O–H groups in total. The molecular weight excluding hydrogens is 408 g/mol. The van der Waals surface area contributed by atoms with Crippen molar-refractivity contribution in [3.63, 3.8) is 0 Å². The zero-order valence-corrected chi connectivity index (χ0v) is 18.2. The fourth-order valence-corrected chi connectivity index (χ4v) is 6.13. The fourth-order valence-electron chi connectivity index (χ4n) is 6.13. The van der Waals surface area contributed by atoms with Gasteiger partial charge in [0.15, 0.2) is 0 Å². The average molecular weight is 439 g/mol. The summed E-state index contributed by atoms with van der Waals surface area (Å²) in [5.41, 5.74) is 2.09. The van der Waals surface area contributed by atoms with Crippen LogP contribution < -0.4 is 16.0 Å². The van der Waals surface area contributed by atoms with Crippen molar-refractivity contribution in [2.45, 2.75) is 57.5 Å². The van der Waals surface area contributed by atoms with Crippen molar-refractivity contribution in [2.24, 2.45) is 11.3 Å². The van der Waals surface area contributed by atoms with E-state index in [0.29, 0.717) is 29.0 Å². The maximum atomic E-state index is 13.0. The molecule has 1 saturated carbocycles. The van der Waals surface area contributed by atoms with Crippen LogP contribution in [0.15, 0.2) is 18.2 Å². The van der Waals surface area contributed by atoms with Crippen molar-refractivity contribution in [3.05, 3.63) is 34.9 Å². The third-order valence-corrected chi connectivity index (χ3v) is 7.92. The standard InChI is InChI=1S/C24H30N4O4/c29-20-6-5-19(21(30)27-20)28-22(31)17-4-3-15(12-18(17)23(28)32)13-26-14-16-2-1-7-24(16)8-10-25-11-9-24/h3-4,12,16,19,25-26H,1-2,5-11,13-14H2,(H,27,29,30). The van der Waals surface area contributed by atoms with Crippen LogP contribution in [0.3, 0.4) is 0 Å². The Morgan fingerprint density at radius 2 is 1.78 bits per heavy atom. The molecule has 1 spiro atoms. The van der Waals surface area contributed by atoms with Gasteiger partial charge in [0.05, 0.1) is 11.1 Å². The van der Waals surface area contributed by atoms with E-state index in [1.54, 1.807) is 12.1 Å². The lowest BCUT2D eigenvalue weighted by molar-refractivity contribution is -0.136. The Bertz CT molecular complexity index is 969. The van der Waals surface area contributed by atoms with Gasteiger partial charge in [0, 0.05) is 13.0 Å². The molecule has 2 atom stereocenters. The number of fused-ring (bicyclic) bond motifs is 1. The Morgan fingerprint density at radius 3 is 2.56 bits per heavy atom. The summed E-state index contributed by atoms with van der Waals surface area (Å²) in [4.78, 5) is 50.5. The minimum absolute atomic E-state index is 0.123. The van der Waals surface area contributed by atoms with Gasteiger partial charge in [-0.05, 0) is 80.8 Å². The first-order chi connectivity index (χ1) is 15.5. The Hall–Kier alpha value is -2.58. The van der Waals surface area contributed by atoms with Gasteiger partial charge in [-0.2, -0.15) is 0 Å². The van der Waals surface area contributed by atoms with Crippen LogP contribution in [-0.4, -0.2) is 54.2 Å². The minimum Gasteiger partial charge on any atom is -0.317 e. The van der Waals surface area contributed by atoms with Crippen molar-refractivity contribution < 1.29 is 19.2 Å². The first-order valence-corrected chi connectivity index (χ1v) is 11.7. The van der Waals surface area contributed by atoms with E-state index < -0.39 is 23.8 Å². The molecule has 3 aliphatic heterocycles. The molecule has 1 aliphatic carbocycles. The van der Waals surface area contributed by atoms with Gasteiger partial charge in [0.2, 0.25) is 11.8 Å². The lowest BCUT2D eigenvalue weighted by atomic mass is 9.71. The zero-order chi connectivity index (χ0) is 22.3. The summed E-state index contributed by atoms with van der Waals surface area (Å²) in [6.45, 7) is 3.83. The van der Waals surface area contributed by atoms with Crippen LogP contribution in [0.2, 0.25) is 0 Å². The SMILES string of the molecule is O=C1CCC(N2C(=O)c3ccc(CNCC4CCCC45CCNCC5)cc3C2=O)C(=O)N1. The van der Waals surface area contributed by atoms with Crippen molar-refractivity contribution in [2.75, 3.05) is 19.6 Å². The second-order valence-corrected chi connectivity index (χ2v) is 9.66. The normalized spacial score (nSPS) is 27.2. The van der Waals surface area contributed by atoms with Gasteiger partial charge in [-0.3, -0.25) is 29.4 Å². The number of carbonyl (C=O) groups is 4. The number of piperidine rings is 2. The van der Waals surface area contributed by atoms with Gasteiger partial charge in [0.1, 0.15) is 6.04 Å². The monoisotopic (exact) mass is 438 g/mol. The predicted molar refractivity (Wildman–Crippen MR) is 117 cm³/mol. The molecule has 1 aromatic carbocycles. The number of rotatable bonds is 5. The number of nitrogens with one attached hydrogen (secondary N) is 3. The molecular formula is C24H30N4O4. The highest BCUT2D eigenvalue weighted by atomic mass is 16.2. The highest BCUT2D eigenvalue weighted by Gasteiger charge is 2.45. The largest absolute Gasteiger partial charge is 0.317 e. The van der Waals surface area contributed by atoms with E-state index in [9.17, 15) is 19.2 Å². The number of nitrogens with zero attached hydrogens (tertiary/aromatic N) is 1. The predicted octanol–water partition coefficient (Wildman–Crippen LogP) is 1.35. The van der Waals surface area contributed by atoms with Gasteiger partial charge in [-0.25, -0.2) is 0 Å². The lowest BCUT2D eigenvalue weighted by Crippen LogP contribution is -2.54. The molecule has 5 rings (SSSR count). The van der Waals surface area contributed by atoms with Crippen LogP contribution in [0.4, 0.5) is 0 Å². The lowest BCUT2D eigenvalue weighted by Gasteiger charge is -2.39. The molecule has 1 aromatic rings. The molecule has 0 bridgehead atoms. The van der Waals surface area contributed by atoms with E-state index in [-0.39, 0.29) is 18.7 Å². The van der Waals surface area contributed by atoms with E-state index in [1.807, 2.05) is 6.07 Å². The highest BCUT2D eigenvalue weighted by molar-refractivity contribution is 6.23. The van der Waals surface area contributed by atoms with E-state index in [0.717, 1.165) is 30.1 Å².